The Morgan fingerprint density at radius 3 is 1.96 bits per heavy atom. The van der Waals surface area contributed by atoms with Crippen molar-refractivity contribution in [2.45, 2.75) is 73.4 Å². The van der Waals surface area contributed by atoms with Gasteiger partial charge in [-0.15, -0.1) is 0 Å². The number of carbonyl (C=O) groups is 1. The zero-order chi connectivity index (χ0) is 19.1. The van der Waals surface area contributed by atoms with E-state index >= 15 is 0 Å². The van der Waals surface area contributed by atoms with Gasteiger partial charge >= 0.3 is 0 Å². The molecule has 1 aromatic carbocycles. The largest absolute Gasteiger partial charge is 0.511 e. The molecule has 4 heteroatoms. The molecule has 0 atom stereocenters. The fraction of sp³-hybridized carbons (Fsp3) is 0.524. The van der Waals surface area contributed by atoms with E-state index in [-0.39, 0.29) is 23.8 Å². The summed E-state index contributed by atoms with van der Waals surface area (Å²) < 4.78 is 0. The van der Waals surface area contributed by atoms with Crippen molar-refractivity contribution in [2.24, 2.45) is 4.99 Å². The molecule has 25 heavy (non-hydrogen) atoms. The highest BCUT2D eigenvalue weighted by Crippen LogP contribution is 2.21. The number of hydrogen-bond donors (Lipinski definition) is 1. The summed E-state index contributed by atoms with van der Waals surface area (Å²) in [6, 6.07) is 7.93. The Hall–Kier alpha value is -2.10. The van der Waals surface area contributed by atoms with Crippen molar-refractivity contribution in [3.8, 4) is 0 Å². The average molecular weight is 344 g/mol. The molecule has 0 aliphatic heterocycles. The number of aliphatic imine (C=N–C) groups is 1. The number of aryl methyl sites for hydroxylation is 1. The maximum Gasteiger partial charge on any atom is 0.259 e. The zero-order valence-electron chi connectivity index (χ0n) is 16.6. The van der Waals surface area contributed by atoms with E-state index in [2.05, 4.69) is 4.99 Å². The standard InChI is InChI=1S/C21H32N2O2/c1-8-18(22-17-12-10-16(7)11-13-17)20(19(24)9-2)21(25)23(14(3)4)15(5)6/h10-15,24H,8-9H2,1-7H3/b20-19-,22-18?. The molecule has 0 unspecified atom stereocenters. The molecule has 1 amide bonds. The molecule has 1 rings (SSSR count). The van der Waals surface area contributed by atoms with Gasteiger partial charge in [0.15, 0.2) is 0 Å². The first-order chi connectivity index (χ1) is 11.7. The fourth-order valence-electron chi connectivity index (χ4n) is 2.87. The molecule has 0 bridgehead atoms. The molecule has 138 valence electrons. The van der Waals surface area contributed by atoms with Crippen LogP contribution in [0.2, 0.25) is 0 Å². The van der Waals surface area contributed by atoms with Crippen molar-refractivity contribution in [3.63, 3.8) is 0 Å². The minimum absolute atomic E-state index is 0.0460. The molecule has 0 fully saturated rings. The number of allylic oxidation sites excluding steroid dienone is 1. The molecule has 0 aliphatic carbocycles. The molecule has 0 saturated heterocycles. The Bertz CT molecular complexity index is 632. The first-order valence-corrected chi connectivity index (χ1v) is 9.12. The second kappa shape index (κ2) is 9.40. The van der Waals surface area contributed by atoms with Gasteiger partial charge in [-0.05, 0) is 53.2 Å². The summed E-state index contributed by atoms with van der Waals surface area (Å²) in [5, 5.41) is 10.5. The maximum absolute atomic E-state index is 13.2. The highest BCUT2D eigenvalue weighted by atomic mass is 16.3. The van der Waals surface area contributed by atoms with Crippen LogP contribution < -0.4 is 0 Å². The van der Waals surface area contributed by atoms with Crippen molar-refractivity contribution >= 4 is 17.3 Å². The summed E-state index contributed by atoms with van der Waals surface area (Å²) in [5.41, 5.74) is 2.91. The van der Waals surface area contributed by atoms with E-state index in [1.807, 2.05) is 72.7 Å². The quantitative estimate of drug-likeness (QED) is 0.412. The van der Waals surface area contributed by atoms with Crippen LogP contribution >= 0.6 is 0 Å². The predicted molar refractivity (Wildman–Crippen MR) is 106 cm³/mol. The van der Waals surface area contributed by atoms with Crippen molar-refractivity contribution in [3.05, 3.63) is 41.2 Å². The van der Waals surface area contributed by atoms with Gasteiger partial charge in [-0.25, -0.2) is 0 Å². The Morgan fingerprint density at radius 2 is 1.56 bits per heavy atom. The number of aliphatic hydroxyl groups is 1. The number of aliphatic hydroxyl groups excluding tert-OH is 1. The van der Waals surface area contributed by atoms with Crippen LogP contribution in [0.3, 0.4) is 0 Å². The number of hydrogen-bond acceptors (Lipinski definition) is 3. The number of amides is 1. The van der Waals surface area contributed by atoms with Gasteiger partial charge in [-0.2, -0.15) is 0 Å². The third kappa shape index (κ3) is 5.45. The van der Waals surface area contributed by atoms with Gasteiger partial charge in [-0.3, -0.25) is 9.79 Å². The molecule has 0 aliphatic rings. The minimum atomic E-state index is -0.155. The average Bonchev–Trinajstić information content (AvgIpc) is 2.55. The molecule has 0 spiro atoms. The van der Waals surface area contributed by atoms with E-state index in [1.54, 1.807) is 4.90 Å². The minimum Gasteiger partial charge on any atom is -0.511 e. The van der Waals surface area contributed by atoms with Gasteiger partial charge in [0.05, 0.1) is 17.0 Å². The topological polar surface area (TPSA) is 52.9 Å². The van der Waals surface area contributed by atoms with Gasteiger partial charge in [0.1, 0.15) is 5.76 Å². The molecule has 0 saturated carbocycles. The second-order valence-electron chi connectivity index (χ2n) is 6.82. The third-order valence-electron chi connectivity index (χ3n) is 4.11. The second-order valence-corrected chi connectivity index (χ2v) is 6.82. The number of benzene rings is 1. The Labute approximate surface area is 152 Å². The van der Waals surface area contributed by atoms with Crippen LogP contribution in [0.4, 0.5) is 5.69 Å². The fourth-order valence-corrected chi connectivity index (χ4v) is 2.87. The summed E-state index contributed by atoms with van der Waals surface area (Å²) in [6.45, 7) is 13.8. The molecular weight excluding hydrogens is 312 g/mol. The van der Waals surface area contributed by atoms with E-state index in [0.717, 1.165) is 11.3 Å². The third-order valence-corrected chi connectivity index (χ3v) is 4.11. The van der Waals surface area contributed by atoms with Gasteiger partial charge in [-0.1, -0.05) is 31.5 Å². The van der Waals surface area contributed by atoms with Crippen molar-refractivity contribution < 1.29 is 9.90 Å². The smallest absolute Gasteiger partial charge is 0.259 e. The van der Waals surface area contributed by atoms with Gasteiger partial charge in [0, 0.05) is 18.5 Å². The van der Waals surface area contributed by atoms with E-state index in [4.69, 9.17) is 0 Å². The summed E-state index contributed by atoms with van der Waals surface area (Å²) >= 11 is 0. The van der Waals surface area contributed by atoms with Gasteiger partial charge in [0.25, 0.3) is 5.91 Å². The van der Waals surface area contributed by atoms with Crippen LogP contribution in [0.5, 0.6) is 0 Å². The maximum atomic E-state index is 13.2. The van der Waals surface area contributed by atoms with Crippen molar-refractivity contribution in [1.29, 1.82) is 0 Å². The van der Waals surface area contributed by atoms with Crippen molar-refractivity contribution in [2.75, 3.05) is 0 Å². The molecule has 1 N–H and O–H groups in total. The molecule has 4 nitrogen and oxygen atoms in total. The van der Waals surface area contributed by atoms with Crippen LogP contribution in [0.1, 0.15) is 59.9 Å². The van der Waals surface area contributed by atoms with Gasteiger partial charge < -0.3 is 10.0 Å². The highest BCUT2D eigenvalue weighted by molar-refractivity contribution is 6.22. The van der Waals surface area contributed by atoms with Gasteiger partial charge in [0.2, 0.25) is 0 Å². The van der Waals surface area contributed by atoms with Crippen LogP contribution in [-0.2, 0) is 4.79 Å². The Kier molecular flexibility index (Phi) is 7.88. The van der Waals surface area contributed by atoms with Crippen LogP contribution in [0.25, 0.3) is 0 Å². The van der Waals surface area contributed by atoms with E-state index in [0.29, 0.717) is 24.1 Å². The number of rotatable bonds is 7. The lowest BCUT2D eigenvalue weighted by molar-refractivity contribution is -0.130. The normalized spacial score (nSPS) is 13.2. The summed E-state index contributed by atoms with van der Waals surface area (Å²) in [6.07, 6.45) is 0.973. The van der Waals surface area contributed by atoms with E-state index < -0.39 is 0 Å². The number of nitrogens with zero attached hydrogens (tertiary/aromatic N) is 2. The predicted octanol–water partition coefficient (Wildman–Crippen LogP) is 5.35. The molecule has 0 radical (unpaired) electrons. The van der Waals surface area contributed by atoms with Crippen LogP contribution in [0, 0.1) is 6.92 Å². The lowest BCUT2D eigenvalue weighted by Gasteiger charge is -2.32. The lowest BCUT2D eigenvalue weighted by Crippen LogP contribution is -2.44. The summed E-state index contributed by atoms with van der Waals surface area (Å²) in [7, 11) is 0. The van der Waals surface area contributed by atoms with E-state index in [9.17, 15) is 9.90 Å². The lowest BCUT2D eigenvalue weighted by atomic mass is 10.0. The first-order valence-electron chi connectivity index (χ1n) is 9.12. The molecule has 0 aromatic heterocycles. The summed E-state index contributed by atoms with van der Waals surface area (Å²) in [4.78, 5) is 19.7. The molecule has 1 aromatic rings. The SMILES string of the molecule is CCC(=Nc1ccc(C)cc1)/C(C(=O)N(C(C)C)C(C)C)=C(/O)CC. The Balaban J connectivity index is 3.42. The number of carbonyl (C=O) groups excluding carboxylic acids is 1. The monoisotopic (exact) mass is 344 g/mol. The molecule has 0 heterocycles. The van der Waals surface area contributed by atoms with E-state index in [1.165, 1.54) is 0 Å². The molecular formula is C21H32N2O2. The highest BCUT2D eigenvalue weighted by Gasteiger charge is 2.28. The Morgan fingerprint density at radius 1 is 1.04 bits per heavy atom. The summed E-state index contributed by atoms with van der Waals surface area (Å²) in [5.74, 6) is -0.0546. The van der Waals surface area contributed by atoms with Crippen LogP contribution in [-0.4, -0.2) is 33.7 Å². The van der Waals surface area contributed by atoms with Crippen molar-refractivity contribution in [1.82, 2.24) is 4.90 Å². The first kappa shape index (κ1) is 20.9. The van der Waals surface area contributed by atoms with Crippen LogP contribution in [0.15, 0.2) is 40.6 Å². The zero-order valence-corrected chi connectivity index (χ0v) is 16.6.